The van der Waals surface area contributed by atoms with Crippen LogP contribution in [0.3, 0.4) is 0 Å². The van der Waals surface area contributed by atoms with Crippen LogP contribution in [0.1, 0.15) is 61.1 Å². The molecule has 1 saturated carbocycles. The second-order valence-corrected chi connectivity index (χ2v) is 13.4. The van der Waals surface area contributed by atoms with Crippen LogP contribution < -0.4 is 15.8 Å². The third-order valence-electron chi connectivity index (χ3n) is 10.3. The molecule has 4 fully saturated rings. The fraction of sp³-hybridized carbons (Fsp3) is 0.515. The number of ether oxygens (including phenoxy) is 1. The SMILES string of the molecule is COc1cc(C(=O)N2[C@H]3CC[C@@H]2[C@H](N)C3)cc2nc(-c3cc4ccc([C@@H](C)NC(=O)N5CC(O)C5)nc4n3CC3CC3)n(C)c12. The Morgan fingerprint density at radius 3 is 2.60 bits per heavy atom. The molecule has 1 aliphatic carbocycles. The maximum Gasteiger partial charge on any atom is 0.318 e. The van der Waals surface area contributed by atoms with Crippen molar-refractivity contribution >= 4 is 34.0 Å². The number of aliphatic hydroxyl groups is 1. The van der Waals surface area contributed by atoms with Crippen molar-refractivity contribution in [2.75, 3.05) is 20.2 Å². The Morgan fingerprint density at radius 2 is 1.93 bits per heavy atom. The Kier molecular flexibility index (Phi) is 6.58. The number of amides is 3. The number of aromatic nitrogens is 4. The molecule has 8 rings (SSSR count). The summed E-state index contributed by atoms with van der Waals surface area (Å²) in [7, 11) is 3.61. The van der Waals surface area contributed by atoms with Gasteiger partial charge in [0.15, 0.2) is 5.82 Å². The van der Waals surface area contributed by atoms with Gasteiger partial charge in [0, 0.05) is 42.7 Å². The van der Waals surface area contributed by atoms with Crippen molar-refractivity contribution in [1.82, 2.24) is 34.2 Å². The lowest BCUT2D eigenvalue weighted by atomic mass is 9.97. The number of rotatable bonds is 7. The highest BCUT2D eigenvalue weighted by Gasteiger charge is 2.47. The Balaban J connectivity index is 1.17. The zero-order valence-electron chi connectivity index (χ0n) is 25.9. The highest BCUT2D eigenvalue weighted by Crippen LogP contribution is 2.40. The number of aryl methyl sites for hydroxylation is 1. The number of fused-ring (bicyclic) bond motifs is 4. The van der Waals surface area contributed by atoms with Crippen LogP contribution >= 0.6 is 0 Å². The van der Waals surface area contributed by atoms with Crippen LogP contribution in [0, 0.1) is 5.92 Å². The molecule has 4 aliphatic rings. The van der Waals surface area contributed by atoms with Gasteiger partial charge in [0.05, 0.1) is 49.2 Å². The quantitative estimate of drug-likeness (QED) is 0.291. The number of hydrogen-bond donors (Lipinski definition) is 3. The number of likely N-dealkylation sites (tertiary alicyclic amines) is 1. The topological polar surface area (TPSA) is 144 Å². The van der Waals surface area contributed by atoms with Gasteiger partial charge in [-0.3, -0.25) is 4.79 Å². The molecular formula is C33H40N8O4. The molecule has 0 unspecified atom stereocenters. The van der Waals surface area contributed by atoms with Crippen molar-refractivity contribution in [3.63, 3.8) is 0 Å². The van der Waals surface area contributed by atoms with Gasteiger partial charge in [-0.2, -0.15) is 0 Å². The van der Waals surface area contributed by atoms with Crippen LogP contribution in [-0.4, -0.2) is 90.4 Å². The van der Waals surface area contributed by atoms with E-state index in [4.69, 9.17) is 20.4 Å². The van der Waals surface area contributed by atoms with E-state index in [2.05, 4.69) is 22.0 Å². The van der Waals surface area contributed by atoms with E-state index in [-0.39, 0.29) is 36.1 Å². The number of aliphatic hydroxyl groups excluding tert-OH is 1. The summed E-state index contributed by atoms with van der Waals surface area (Å²) in [6.45, 7) is 3.45. The third kappa shape index (κ3) is 4.64. The number of carbonyl (C=O) groups is 2. The van der Waals surface area contributed by atoms with Crippen molar-refractivity contribution in [1.29, 1.82) is 0 Å². The summed E-state index contributed by atoms with van der Waals surface area (Å²) in [6, 6.07) is 9.69. The number of imidazole rings is 1. The maximum absolute atomic E-state index is 13.8. The molecule has 2 bridgehead atoms. The van der Waals surface area contributed by atoms with Gasteiger partial charge in [-0.05, 0) is 75.3 Å². The summed E-state index contributed by atoms with van der Waals surface area (Å²) in [5, 5.41) is 13.6. The van der Waals surface area contributed by atoms with E-state index in [0.717, 1.165) is 59.6 Å². The number of nitrogens with zero attached hydrogens (tertiary/aromatic N) is 6. The minimum absolute atomic E-state index is 0.00562. The lowest BCUT2D eigenvalue weighted by Crippen LogP contribution is -2.56. The van der Waals surface area contributed by atoms with E-state index in [9.17, 15) is 14.7 Å². The Bertz CT molecular complexity index is 1840. The van der Waals surface area contributed by atoms with E-state index in [1.807, 2.05) is 41.6 Å². The molecular weight excluding hydrogens is 572 g/mol. The zero-order valence-corrected chi connectivity index (χ0v) is 25.9. The summed E-state index contributed by atoms with van der Waals surface area (Å²) in [4.78, 5) is 40.1. The van der Waals surface area contributed by atoms with Crippen LogP contribution in [0.4, 0.5) is 4.79 Å². The van der Waals surface area contributed by atoms with Crippen LogP contribution in [0.5, 0.6) is 5.75 Å². The lowest BCUT2D eigenvalue weighted by molar-refractivity contribution is 0.0259. The van der Waals surface area contributed by atoms with Crippen LogP contribution in [-0.2, 0) is 13.6 Å². The normalized spacial score (nSPS) is 23.6. The number of carbonyl (C=O) groups excluding carboxylic acids is 2. The fourth-order valence-corrected chi connectivity index (χ4v) is 7.60. The highest BCUT2D eigenvalue weighted by atomic mass is 16.5. The molecule has 1 aromatic carbocycles. The first-order valence-electron chi connectivity index (χ1n) is 16.1. The van der Waals surface area contributed by atoms with Crippen molar-refractivity contribution < 1.29 is 19.4 Å². The molecule has 45 heavy (non-hydrogen) atoms. The summed E-state index contributed by atoms with van der Waals surface area (Å²) in [5.41, 5.74) is 11.0. The molecule has 4 N–H and O–H groups in total. The molecule has 3 saturated heterocycles. The second kappa shape index (κ2) is 10.4. The summed E-state index contributed by atoms with van der Waals surface area (Å²) in [5.74, 6) is 1.95. The number of nitrogens with two attached hydrogens (primary N) is 1. The Morgan fingerprint density at radius 1 is 1.13 bits per heavy atom. The average Bonchev–Trinajstić information content (AvgIpc) is 3.33. The zero-order chi connectivity index (χ0) is 31.1. The first kappa shape index (κ1) is 28.3. The number of nitrogens with one attached hydrogen (secondary N) is 1. The first-order valence-corrected chi connectivity index (χ1v) is 16.1. The van der Waals surface area contributed by atoms with Crippen LogP contribution in [0.15, 0.2) is 30.3 Å². The molecule has 6 heterocycles. The van der Waals surface area contributed by atoms with Gasteiger partial charge in [0.1, 0.15) is 16.9 Å². The number of methoxy groups -OCH3 is 1. The van der Waals surface area contributed by atoms with E-state index in [0.29, 0.717) is 35.8 Å². The van der Waals surface area contributed by atoms with Gasteiger partial charge in [0.2, 0.25) is 0 Å². The number of β-amino-alcohol motifs (C(OH)–C–C–N with tert-alkyl or cyclic N) is 1. The molecule has 4 aromatic rings. The third-order valence-corrected chi connectivity index (χ3v) is 10.3. The van der Waals surface area contributed by atoms with Gasteiger partial charge in [-0.1, -0.05) is 0 Å². The van der Waals surface area contributed by atoms with Gasteiger partial charge in [0.25, 0.3) is 5.91 Å². The number of pyridine rings is 1. The maximum atomic E-state index is 13.8. The van der Waals surface area contributed by atoms with Crippen molar-refractivity contribution in [3.8, 4) is 17.3 Å². The van der Waals surface area contributed by atoms with Gasteiger partial charge in [-0.15, -0.1) is 0 Å². The first-order chi connectivity index (χ1) is 21.7. The Hall–Kier alpha value is -4.16. The fourth-order valence-electron chi connectivity index (χ4n) is 7.60. The molecule has 3 amide bonds. The lowest BCUT2D eigenvalue weighted by Gasteiger charge is -2.36. The van der Waals surface area contributed by atoms with Gasteiger partial charge in [-0.25, -0.2) is 14.8 Å². The summed E-state index contributed by atoms with van der Waals surface area (Å²) >= 11 is 0. The van der Waals surface area contributed by atoms with Gasteiger partial charge >= 0.3 is 6.03 Å². The molecule has 0 radical (unpaired) electrons. The average molecular weight is 613 g/mol. The largest absolute Gasteiger partial charge is 0.494 e. The minimum atomic E-state index is -0.446. The van der Waals surface area contributed by atoms with E-state index >= 15 is 0 Å². The van der Waals surface area contributed by atoms with Crippen LogP contribution in [0.2, 0.25) is 0 Å². The monoisotopic (exact) mass is 612 g/mol. The molecule has 3 aliphatic heterocycles. The smallest absolute Gasteiger partial charge is 0.318 e. The highest BCUT2D eigenvalue weighted by molar-refractivity contribution is 6.00. The second-order valence-electron chi connectivity index (χ2n) is 13.4. The van der Waals surface area contributed by atoms with Crippen molar-refractivity contribution in [3.05, 3.63) is 41.6 Å². The van der Waals surface area contributed by atoms with Gasteiger partial charge < -0.3 is 39.8 Å². The number of benzene rings is 1. The molecule has 236 valence electrons. The number of urea groups is 1. The summed E-state index contributed by atoms with van der Waals surface area (Å²) in [6.07, 6.45) is 4.73. The summed E-state index contributed by atoms with van der Waals surface area (Å²) < 4.78 is 10.1. The minimum Gasteiger partial charge on any atom is -0.494 e. The number of hydrogen-bond acceptors (Lipinski definition) is 7. The van der Waals surface area contributed by atoms with E-state index in [1.54, 1.807) is 12.0 Å². The Labute approximate surface area is 261 Å². The molecule has 12 heteroatoms. The van der Waals surface area contributed by atoms with E-state index in [1.165, 1.54) is 12.8 Å². The standard InChI is InChI=1S/C33H40N8O4/c1-17(35-33(44)39-15-22(42)16-39)24-8-6-19-11-27(40(30(19)36-24)14-18-4-5-18)31-37-25-10-20(12-28(45-3)29(25)38(31)2)32(43)41-21-7-9-26(41)23(34)13-21/h6,8,10-12,17-18,21-23,26,42H,4-5,7,9,13-16,34H2,1-3H3,(H,35,44)/t17-,21+,23-,26-/m1/s1. The molecule has 12 nitrogen and oxygen atoms in total. The van der Waals surface area contributed by atoms with Crippen molar-refractivity contribution in [2.24, 2.45) is 18.7 Å². The predicted octanol–water partition coefficient (Wildman–Crippen LogP) is 3.16. The molecule has 3 aromatic heterocycles. The van der Waals surface area contributed by atoms with E-state index < -0.39 is 6.10 Å². The molecule has 4 atom stereocenters. The van der Waals surface area contributed by atoms with Crippen LogP contribution in [0.25, 0.3) is 33.6 Å². The van der Waals surface area contributed by atoms with Crippen molar-refractivity contribution in [2.45, 2.75) is 75.8 Å². The predicted molar refractivity (Wildman–Crippen MR) is 169 cm³/mol. The molecule has 0 spiro atoms.